The fourth-order valence-electron chi connectivity index (χ4n) is 2.55. The predicted molar refractivity (Wildman–Crippen MR) is 47.7 cm³/mol. The highest BCUT2D eigenvalue weighted by Gasteiger charge is 2.49. The Hall–Kier alpha value is -0.250. The topological polar surface area (TPSA) is 26.0 Å². The summed E-state index contributed by atoms with van der Waals surface area (Å²) < 4.78 is 37.0. The Balaban J connectivity index is 1.86. The number of nitrogens with two attached hydrogens (primary N) is 1. The molecule has 0 unspecified atom stereocenters. The van der Waals surface area contributed by atoms with Crippen molar-refractivity contribution in [1.82, 2.24) is 0 Å². The molecule has 0 amide bonds. The summed E-state index contributed by atoms with van der Waals surface area (Å²) in [5, 5.41) is 0. The van der Waals surface area contributed by atoms with Crippen molar-refractivity contribution in [3.8, 4) is 0 Å². The molecule has 0 aromatic carbocycles. The highest BCUT2D eigenvalue weighted by Crippen LogP contribution is 2.49. The summed E-state index contributed by atoms with van der Waals surface area (Å²) in [5.74, 6) is -0.720. The van der Waals surface area contributed by atoms with Crippen LogP contribution in [0.5, 0.6) is 0 Å². The summed E-state index contributed by atoms with van der Waals surface area (Å²) in [5.41, 5.74) is 5.91. The van der Waals surface area contributed by atoms with Gasteiger partial charge in [-0.3, -0.25) is 0 Å². The standard InChI is InChI=1S/C10H16F3N/c11-10(12,13)8-3-1-7(2-4-8)9(14)5-6-9/h7-8H,1-6,14H2. The van der Waals surface area contributed by atoms with Gasteiger partial charge in [-0.05, 0) is 44.4 Å². The minimum atomic E-state index is -3.99. The monoisotopic (exact) mass is 207 g/mol. The second kappa shape index (κ2) is 3.12. The summed E-state index contributed by atoms with van der Waals surface area (Å²) in [6, 6.07) is 0. The average molecular weight is 207 g/mol. The van der Waals surface area contributed by atoms with Gasteiger partial charge < -0.3 is 5.73 Å². The van der Waals surface area contributed by atoms with E-state index < -0.39 is 12.1 Å². The fourth-order valence-corrected chi connectivity index (χ4v) is 2.55. The van der Waals surface area contributed by atoms with Gasteiger partial charge in [0.25, 0.3) is 0 Å². The lowest BCUT2D eigenvalue weighted by Crippen LogP contribution is -2.37. The van der Waals surface area contributed by atoms with Crippen molar-refractivity contribution in [3.63, 3.8) is 0 Å². The van der Waals surface area contributed by atoms with Crippen LogP contribution >= 0.6 is 0 Å². The van der Waals surface area contributed by atoms with E-state index in [-0.39, 0.29) is 18.4 Å². The molecule has 0 radical (unpaired) electrons. The molecule has 1 nitrogen and oxygen atoms in total. The van der Waals surface area contributed by atoms with E-state index in [1.165, 1.54) is 0 Å². The molecule has 0 aromatic rings. The zero-order chi connectivity index (χ0) is 10.4. The van der Waals surface area contributed by atoms with Crippen molar-refractivity contribution in [3.05, 3.63) is 0 Å². The lowest BCUT2D eigenvalue weighted by Gasteiger charge is -2.33. The largest absolute Gasteiger partial charge is 0.391 e. The summed E-state index contributed by atoms with van der Waals surface area (Å²) in [6.07, 6.45) is -0.0689. The Kier molecular flexibility index (Phi) is 2.29. The molecule has 2 N–H and O–H groups in total. The third-order valence-corrected chi connectivity index (χ3v) is 3.83. The molecule has 4 heteroatoms. The van der Waals surface area contributed by atoms with Gasteiger partial charge in [-0.1, -0.05) is 0 Å². The number of alkyl halides is 3. The second-order valence-electron chi connectivity index (χ2n) is 4.82. The first-order chi connectivity index (χ1) is 6.42. The predicted octanol–water partition coefficient (Wildman–Crippen LogP) is 2.85. The third-order valence-electron chi connectivity index (χ3n) is 3.83. The van der Waals surface area contributed by atoms with Crippen LogP contribution in [-0.2, 0) is 0 Å². The van der Waals surface area contributed by atoms with E-state index in [4.69, 9.17) is 5.73 Å². The smallest absolute Gasteiger partial charge is 0.325 e. The minimum Gasteiger partial charge on any atom is -0.325 e. The Morgan fingerprint density at radius 3 is 1.86 bits per heavy atom. The van der Waals surface area contributed by atoms with Crippen LogP contribution < -0.4 is 5.73 Å². The molecule has 2 saturated carbocycles. The van der Waals surface area contributed by atoms with Crippen molar-refractivity contribution in [1.29, 1.82) is 0 Å². The van der Waals surface area contributed by atoms with Crippen LogP contribution in [0, 0.1) is 11.8 Å². The summed E-state index contributed by atoms with van der Waals surface area (Å²) in [7, 11) is 0. The number of hydrogen-bond acceptors (Lipinski definition) is 1. The van der Waals surface area contributed by atoms with E-state index in [1.807, 2.05) is 0 Å². The van der Waals surface area contributed by atoms with E-state index in [0.717, 1.165) is 12.8 Å². The number of halogens is 3. The van der Waals surface area contributed by atoms with Gasteiger partial charge in [0.1, 0.15) is 0 Å². The molecule has 0 spiro atoms. The van der Waals surface area contributed by atoms with Crippen molar-refractivity contribution in [2.24, 2.45) is 17.6 Å². The van der Waals surface area contributed by atoms with Crippen molar-refractivity contribution >= 4 is 0 Å². The Morgan fingerprint density at radius 1 is 1.00 bits per heavy atom. The summed E-state index contributed by atoms with van der Waals surface area (Å²) >= 11 is 0. The number of rotatable bonds is 1. The molecule has 0 aliphatic heterocycles. The molecule has 14 heavy (non-hydrogen) atoms. The molecular weight excluding hydrogens is 191 g/mol. The summed E-state index contributed by atoms with van der Waals surface area (Å²) in [4.78, 5) is 0. The maximum Gasteiger partial charge on any atom is 0.391 e. The average Bonchev–Trinajstić information content (AvgIpc) is 2.84. The van der Waals surface area contributed by atoms with Crippen LogP contribution in [0.15, 0.2) is 0 Å². The molecule has 2 aliphatic carbocycles. The molecule has 2 rings (SSSR count). The normalized spacial score (nSPS) is 36.9. The minimum absolute atomic E-state index is 0.0867. The lowest BCUT2D eigenvalue weighted by molar-refractivity contribution is -0.184. The Labute approximate surface area is 81.8 Å². The van der Waals surface area contributed by atoms with Gasteiger partial charge in [-0.25, -0.2) is 0 Å². The van der Waals surface area contributed by atoms with Crippen molar-refractivity contribution < 1.29 is 13.2 Å². The first kappa shape index (κ1) is 10.3. The van der Waals surface area contributed by atoms with Gasteiger partial charge in [-0.2, -0.15) is 13.2 Å². The second-order valence-corrected chi connectivity index (χ2v) is 4.82. The van der Waals surface area contributed by atoms with E-state index in [0.29, 0.717) is 18.8 Å². The van der Waals surface area contributed by atoms with Crippen molar-refractivity contribution in [2.75, 3.05) is 0 Å². The third kappa shape index (κ3) is 1.90. The molecule has 82 valence electrons. The van der Waals surface area contributed by atoms with Gasteiger partial charge >= 0.3 is 6.18 Å². The van der Waals surface area contributed by atoms with Crippen LogP contribution in [0.25, 0.3) is 0 Å². The van der Waals surface area contributed by atoms with Gasteiger partial charge in [0.05, 0.1) is 5.92 Å². The van der Waals surface area contributed by atoms with E-state index >= 15 is 0 Å². The van der Waals surface area contributed by atoms with Crippen LogP contribution in [0.4, 0.5) is 13.2 Å². The van der Waals surface area contributed by atoms with E-state index in [1.54, 1.807) is 0 Å². The van der Waals surface area contributed by atoms with Crippen LogP contribution in [0.1, 0.15) is 38.5 Å². The van der Waals surface area contributed by atoms with Crippen LogP contribution in [0.2, 0.25) is 0 Å². The zero-order valence-electron chi connectivity index (χ0n) is 8.11. The SMILES string of the molecule is NC1(C2CCC(C(F)(F)F)CC2)CC1. The maximum absolute atomic E-state index is 12.3. The fraction of sp³-hybridized carbons (Fsp3) is 1.00. The summed E-state index contributed by atoms with van der Waals surface area (Å²) in [6.45, 7) is 0. The zero-order valence-corrected chi connectivity index (χ0v) is 8.11. The highest BCUT2D eigenvalue weighted by atomic mass is 19.4. The molecule has 0 bridgehead atoms. The van der Waals surface area contributed by atoms with Crippen LogP contribution in [-0.4, -0.2) is 11.7 Å². The maximum atomic E-state index is 12.3. The van der Waals surface area contributed by atoms with Crippen LogP contribution in [0.3, 0.4) is 0 Å². The molecule has 2 aliphatic rings. The Bertz CT molecular complexity index is 199. The molecule has 2 fully saturated rings. The first-order valence-electron chi connectivity index (χ1n) is 5.27. The Morgan fingerprint density at radius 2 is 1.50 bits per heavy atom. The molecule has 0 saturated heterocycles. The lowest BCUT2D eigenvalue weighted by atomic mass is 9.77. The number of hydrogen-bond donors (Lipinski definition) is 1. The van der Waals surface area contributed by atoms with Gasteiger partial charge in [-0.15, -0.1) is 0 Å². The molecule has 0 atom stereocenters. The molecule has 0 aromatic heterocycles. The molecule has 0 heterocycles. The van der Waals surface area contributed by atoms with E-state index in [9.17, 15) is 13.2 Å². The highest BCUT2D eigenvalue weighted by molar-refractivity contribution is 5.05. The van der Waals surface area contributed by atoms with Gasteiger partial charge in [0, 0.05) is 5.54 Å². The van der Waals surface area contributed by atoms with Crippen molar-refractivity contribution in [2.45, 2.75) is 50.2 Å². The molecular formula is C10H16F3N. The van der Waals surface area contributed by atoms with Gasteiger partial charge in [0.2, 0.25) is 0 Å². The quantitative estimate of drug-likeness (QED) is 0.703. The van der Waals surface area contributed by atoms with Gasteiger partial charge in [0.15, 0.2) is 0 Å². The first-order valence-corrected chi connectivity index (χ1v) is 5.27. The van der Waals surface area contributed by atoms with E-state index in [2.05, 4.69) is 0 Å².